The molecule has 0 radical (unpaired) electrons. The number of aliphatic imine (C=N–C) groups is 1. The lowest BCUT2D eigenvalue weighted by Gasteiger charge is -2.45. The number of carbonyl (C=O) groups is 1. The van der Waals surface area contributed by atoms with E-state index in [1.807, 2.05) is 22.8 Å². The van der Waals surface area contributed by atoms with E-state index in [1.165, 1.54) is 5.56 Å². The smallest absolute Gasteiger partial charge is 0.277 e. The summed E-state index contributed by atoms with van der Waals surface area (Å²) < 4.78 is 1.95. The fourth-order valence-corrected chi connectivity index (χ4v) is 5.39. The third kappa shape index (κ3) is 2.35. The number of amides is 1. The maximum absolute atomic E-state index is 12.4. The number of para-hydroxylation sites is 1. The third-order valence-electron chi connectivity index (χ3n) is 6.25. The number of carbonyl (C=O) groups excluding carboxylic acids is 1. The molecule has 146 valence electrons. The molecule has 2 aromatic carbocycles. The van der Waals surface area contributed by atoms with Gasteiger partial charge in [-0.1, -0.05) is 55.5 Å². The summed E-state index contributed by atoms with van der Waals surface area (Å²) in [5.74, 6) is -0.316. The molecule has 0 bridgehead atoms. The molecule has 0 saturated heterocycles. The molecule has 5 rings (SSSR count). The summed E-state index contributed by atoms with van der Waals surface area (Å²) in [7, 11) is 0. The molecule has 0 spiro atoms. The molecule has 0 saturated carbocycles. The van der Waals surface area contributed by atoms with Gasteiger partial charge in [0.15, 0.2) is 0 Å². The Bertz CT molecular complexity index is 1240. The molecular formula is C23H21N3O2S. The van der Waals surface area contributed by atoms with E-state index in [9.17, 15) is 9.90 Å². The van der Waals surface area contributed by atoms with Crippen LogP contribution in [0.3, 0.4) is 0 Å². The number of aromatic hydroxyl groups is 1. The fourth-order valence-electron chi connectivity index (χ4n) is 5.20. The number of aromatic nitrogens is 1. The molecule has 3 aromatic rings. The Hall–Kier alpha value is -2.99. The van der Waals surface area contributed by atoms with Crippen molar-refractivity contribution >= 4 is 39.9 Å². The maximum atomic E-state index is 12.4. The van der Waals surface area contributed by atoms with Crippen molar-refractivity contribution in [3.05, 3.63) is 65.2 Å². The molecule has 1 amide bonds. The second kappa shape index (κ2) is 5.76. The van der Waals surface area contributed by atoms with Gasteiger partial charge in [0.25, 0.3) is 5.91 Å². The number of benzene rings is 2. The molecule has 0 aliphatic carbocycles. The first-order valence-electron chi connectivity index (χ1n) is 9.61. The van der Waals surface area contributed by atoms with E-state index >= 15 is 0 Å². The van der Waals surface area contributed by atoms with Crippen LogP contribution in [0, 0.1) is 0 Å². The van der Waals surface area contributed by atoms with Crippen LogP contribution in [-0.2, 0) is 15.7 Å². The third-order valence-corrected chi connectivity index (χ3v) is 6.44. The standard InChI is InChI=1S/C23H21N3O2S/c1-22(2)12-23(3,13-8-5-4-6-9-13)15-11-7-10-14-16(20(28)26(22)18(14)15)17-19(27)25-21(29)24-17/h4-11,28H,12H2,1-3H3,(H,25,27,29). The lowest BCUT2D eigenvalue weighted by Crippen LogP contribution is -2.41. The Kier molecular flexibility index (Phi) is 3.59. The van der Waals surface area contributed by atoms with Crippen LogP contribution in [0.2, 0.25) is 0 Å². The van der Waals surface area contributed by atoms with E-state index in [1.54, 1.807) is 0 Å². The monoisotopic (exact) mass is 403 g/mol. The fraction of sp³-hybridized carbons (Fsp3) is 0.261. The van der Waals surface area contributed by atoms with Crippen LogP contribution in [0.25, 0.3) is 10.9 Å². The molecule has 1 unspecified atom stereocenters. The summed E-state index contributed by atoms with van der Waals surface area (Å²) >= 11 is 5.05. The molecule has 2 N–H and O–H groups in total. The molecule has 1 aromatic heterocycles. The summed E-state index contributed by atoms with van der Waals surface area (Å²) in [6, 6.07) is 16.5. The van der Waals surface area contributed by atoms with E-state index in [0.717, 1.165) is 22.9 Å². The van der Waals surface area contributed by atoms with Gasteiger partial charge in [-0.2, -0.15) is 0 Å². The van der Waals surface area contributed by atoms with Gasteiger partial charge in [-0.05, 0) is 43.6 Å². The minimum Gasteiger partial charge on any atom is -0.494 e. The Morgan fingerprint density at radius 1 is 1.10 bits per heavy atom. The highest BCUT2D eigenvalue weighted by Gasteiger charge is 2.45. The Balaban J connectivity index is 1.89. The lowest BCUT2D eigenvalue weighted by atomic mass is 9.66. The Morgan fingerprint density at radius 2 is 1.83 bits per heavy atom. The Morgan fingerprint density at radius 3 is 2.48 bits per heavy atom. The zero-order valence-corrected chi connectivity index (χ0v) is 17.3. The van der Waals surface area contributed by atoms with Crippen molar-refractivity contribution in [1.29, 1.82) is 0 Å². The molecule has 3 heterocycles. The topological polar surface area (TPSA) is 66.6 Å². The largest absolute Gasteiger partial charge is 0.494 e. The van der Waals surface area contributed by atoms with Crippen molar-refractivity contribution in [2.75, 3.05) is 0 Å². The first kappa shape index (κ1) is 18.1. The van der Waals surface area contributed by atoms with Crippen molar-refractivity contribution in [3.8, 4) is 5.88 Å². The van der Waals surface area contributed by atoms with Crippen LogP contribution in [0.15, 0.2) is 53.5 Å². The van der Waals surface area contributed by atoms with E-state index in [-0.39, 0.29) is 33.6 Å². The van der Waals surface area contributed by atoms with E-state index in [0.29, 0.717) is 5.56 Å². The van der Waals surface area contributed by atoms with Crippen LogP contribution in [0.5, 0.6) is 5.88 Å². The number of nitrogens with zero attached hydrogens (tertiary/aromatic N) is 2. The summed E-state index contributed by atoms with van der Waals surface area (Å²) in [4.78, 5) is 16.6. The van der Waals surface area contributed by atoms with Gasteiger partial charge in [0.2, 0.25) is 11.0 Å². The number of nitrogens with one attached hydrogen (secondary N) is 1. The molecule has 6 heteroatoms. The van der Waals surface area contributed by atoms with Gasteiger partial charge in [-0.3, -0.25) is 10.1 Å². The van der Waals surface area contributed by atoms with Gasteiger partial charge in [-0.15, -0.1) is 0 Å². The van der Waals surface area contributed by atoms with Gasteiger partial charge in [-0.25, -0.2) is 4.99 Å². The number of thiocarbonyl (C=S) groups is 1. The number of rotatable bonds is 2. The summed E-state index contributed by atoms with van der Waals surface area (Å²) in [6.45, 7) is 6.49. The van der Waals surface area contributed by atoms with Crippen molar-refractivity contribution in [1.82, 2.24) is 9.88 Å². The first-order chi connectivity index (χ1) is 13.7. The van der Waals surface area contributed by atoms with Crippen molar-refractivity contribution in [3.63, 3.8) is 0 Å². The van der Waals surface area contributed by atoms with Gasteiger partial charge in [0, 0.05) is 16.3 Å². The molecule has 0 fully saturated rings. The van der Waals surface area contributed by atoms with E-state index in [4.69, 9.17) is 12.2 Å². The summed E-state index contributed by atoms with van der Waals surface area (Å²) in [5.41, 5.74) is 3.30. The second-order valence-electron chi connectivity index (χ2n) is 8.64. The quantitative estimate of drug-likeness (QED) is 0.636. The minimum atomic E-state index is -0.379. The highest BCUT2D eigenvalue weighted by molar-refractivity contribution is 7.80. The molecule has 1 atom stereocenters. The zero-order valence-electron chi connectivity index (χ0n) is 16.5. The minimum absolute atomic E-state index is 0.0613. The normalized spacial score (nSPS) is 22.7. The van der Waals surface area contributed by atoms with E-state index in [2.05, 4.69) is 61.4 Å². The van der Waals surface area contributed by atoms with Gasteiger partial charge in [0.05, 0.1) is 11.1 Å². The van der Waals surface area contributed by atoms with Crippen molar-refractivity contribution < 1.29 is 9.90 Å². The molecule has 29 heavy (non-hydrogen) atoms. The summed E-state index contributed by atoms with van der Waals surface area (Å²) in [6.07, 6.45) is 0.800. The molecular weight excluding hydrogens is 382 g/mol. The SMILES string of the molecule is CC1(c2ccccc2)CC(C)(C)n2c(O)c(C3=NC(=S)NC3=O)c3cccc1c32. The predicted octanol–water partition coefficient (Wildman–Crippen LogP) is 4.00. The van der Waals surface area contributed by atoms with Crippen LogP contribution < -0.4 is 5.32 Å². The molecule has 2 aliphatic heterocycles. The van der Waals surface area contributed by atoms with Crippen LogP contribution in [0.4, 0.5) is 0 Å². The van der Waals surface area contributed by atoms with Crippen molar-refractivity contribution in [2.45, 2.75) is 38.1 Å². The molecule has 5 nitrogen and oxygen atoms in total. The zero-order chi connectivity index (χ0) is 20.6. The average molecular weight is 404 g/mol. The van der Waals surface area contributed by atoms with Crippen LogP contribution in [0.1, 0.15) is 43.9 Å². The second-order valence-corrected chi connectivity index (χ2v) is 9.03. The van der Waals surface area contributed by atoms with Gasteiger partial charge < -0.3 is 9.67 Å². The number of hydrogen-bond acceptors (Lipinski definition) is 3. The summed E-state index contributed by atoms with van der Waals surface area (Å²) in [5, 5.41) is 14.8. The van der Waals surface area contributed by atoms with Crippen LogP contribution >= 0.6 is 12.2 Å². The molecule has 2 aliphatic rings. The van der Waals surface area contributed by atoms with Gasteiger partial charge in [0.1, 0.15) is 5.71 Å². The van der Waals surface area contributed by atoms with E-state index < -0.39 is 0 Å². The predicted molar refractivity (Wildman–Crippen MR) is 118 cm³/mol. The maximum Gasteiger partial charge on any atom is 0.277 e. The highest BCUT2D eigenvalue weighted by Crippen LogP contribution is 2.52. The van der Waals surface area contributed by atoms with Crippen molar-refractivity contribution in [2.24, 2.45) is 4.99 Å². The average Bonchev–Trinajstić information content (AvgIpc) is 3.16. The highest BCUT2D eigenvalue weighted by atomic mass is 32.1. The Labute approximate surface area is 174 Å². The lowest BCUT2D eigenvalue weighted by molar-refractivity contribution is -0.113. The van der Waals surface area contributed by atoms with Gasteiger partial charge >= 0.3 is 0 Å². The van der Waals surface area contributed by atoms with Crippen LogP contribution in [-0.4, -0.2) is 26.4 Å². The first-order valence-corrected chi connectivity index (χ1v) is 10.0. The number of hydrogen-bond donors (Lipinski definition) is 2.